The first-order chi connectivity index (χ1) is 13.2. The highest BCUT2D eigenvalue weighted by Crippen LogP contribution is 2.38. The summed E-state index contributed by atoms with van der Waals surface area (Å²) >= 11 is 1.49. The zero-order valence-corrected chi connectivity index (χ0v) is 15.3. The van der Waals surface area contributed by atoms with Crippen LogP contribution in [-0.2, 0) is 12.8 Å². The molecular weight excluding hydrogens is 356 g/mol. The fourth-order valence-electron chi connectivity index (χ4n) is 3.32. The zero-order chi connectivity index (χ0) is 18.8. The highest BCUT2D eigenvalue weighted by atomic mass is 32.1. The number of amides is 1. The summed E-state index contributed by atoms with van der Waals surface area (Å²) in [4.78, 5) is 26.2. The van der Waals surface area contributed by atoms with Gasteiger partial charge in [0.25, 0.3) is 5.91 Å². The Kier molecular flexibility index (Phi) is 4.57. The molecule has 27 heavy (non-hydrogen) atoms. The average Bonchev–Trinajstić information content (AvgIpc) is 3.29. The summed E-state index contributed by atoms with van der Waals surface area (Å²) in [6.45, 7) is 0. The van der Waals surface area contributed by atoms with Crippen molar-refractivity contribution in [2.24, 2.45) is 0 Å². The van der Waals surface area contributed by atoms with Gasteiger partial charge in [0.15, 0.2) is 5.78 Å². The second-order valence-corrected chi connectivity index (χ2v) is 7.51. The lowest BCUT2D eigenvalue weighted by molar-refractivity contribution is 0.102. The lowest BCUT2D eigenvalue weighted by atomic mass is 10.0. The van der Waals surface area contributed by atoms with Crippen molar-refractivity contribution >= 4 is 28.0 Å². The van der Waals surface area contributed by atoms with E-state index in [1.165, 1.54) is 16.2 Å². The van der Waals surface area contributed by atoms with E-state index in [0.717, 1.165) is 24.8 Å². The first kappa shape index (κ1) is 17.2. The number of fused-ring (bicyclic) bond motifs is 1. The molecule has 1 aliphatic rings. The number of hydrogen-bond acceptors (Lipinski definition) is 4. The van der Waals surface area contributed by atoms with Crippen LogP contribution in [0.25, 0.3) is 0 Å². The van der Waals surface area contributed by atoms with Crippen molar-refractivity contribution in [3.63, 3.8) is 0 Å². The summed E-state index contributed by atoms with van der Waals surface area (Å²) < 4.78 is 0. The van der Waals surface area contributed by atoms with Crippen molar-refractivity contribution < 1.29 is 9.59 Å². The monoisotopic (exact) mass is 372 g/mol. The largest absolute Gasteiger partial charge is 0.312 e. The molecule has 0 aliphatic heterocycles. The molecule has 0 unspecified atom stereocenters. The average molecular weight is 372 g/mol. The molecule has 1 aromatic heterocycles. The Labute approximate surface area is 161 Å². The molecule has 0 fully saturated rings. The Balaban J connectivity index is 1.52. The molecule has 0 atom stereocenters. The van der Waals surface area contributed by atoms with Crippen LogP contribution in [0.1, 0.15) is 48.7 Å². The molecule has 0 radical (unpaired) electrons. The molecule has 0 spiro atoms. The van der Waals surface area contributed by atoms with Gasteiger partial charge in [0.05, 0.1) is 5.56 Å². The van der Waals surface area contributed by atoms with Gasteiger partial charge >= 0.3 is 0 Å². The zero-order valence-electron chi connectivity index (χ0n) is 14.5. The number of rotatable bonds is 4. The summed E-state index contributed by atoms with van der Waals surface area (Å²) in [6.07, 6.45) is 2.95. The van der Waals surface area contributed by atoms with Crippen molar-refractivity contribution in [1.82, 2.24) is 0 Å². The lowest BCUT2D eigenvalue weighted by Gasteiger charge is -2.06. The van der Waals surface area contributed by atoms with E-state index in [0.29, 0.717) is 27.3 Å². The highest BCUT2D eigenvalue weighted by Gasteiger charge is 2.23. The number of carbonyl (C=O) groups is 2. The predicted octanol–water partition coefficient (Wildman–Crippen LogP) is 4.59. The van der Waals surface area contributed by atoms with Crippen molar-refractivity contribution in [2.45, 2.75) is 19.3 Å². The number of benzene rings is 2. The number of anilines is 1. The van der Waals surface area contributed by atoms with E-state index in [2.05, 4.69) is 11.4 Å². The number of ketones is 1. The molecule has 1 aliphatic carbocycles. The molecule has 132 valence electrons. The van der Waals surface area contributed by atoms with Gasteiger partial charge in [0.1, 0.15) is 11.1 Å². The molecule has 1 heterocycles. The molecule has 1 N–H and O–H groups in total. The van der Waals surface area contributed by atoms with Crippen LogP contribution in [-0.4, -0.2) is 11.7 Å². The molecule has 5 heteroatoms. The molecule has 0 bridgehead atoms. The lowest BCUT2D eigenvalue weighted by Crippen LogP contribution is -2.12. The molecule has 4 nitrogen and oxygen atoms in total. The van der Waals surface area contributed by atoms with Crippen LogP contribution in [0.4, 0.5) is 5.00 Å². The van der Waals surface area contributed by atoms with E-state index in [9.17, 15) is 14.9 Å². The molecule has 0 saturated heterocycles. The Morgan fingerprint density at radius 2 is 1.59 bits per heavy atom. The number of nitrogens with one attached hydrogen (secondary N) is 1. The van der Waals surface area contributed by atoms with E-state index in [1.807, 2.05) is 18.2 Å². The SMILES string of the molecule is N#Cc1c(NC(=O)c2ccc(C(=O)c3ccccc3)cc2)sc2c1CCC2. The first-order valence-corrected chi connectivity index (χ1v) is 9.55. The Bertz CT molecular complexity index is 1060. The third-order valence-corrected chi connectivity index (χ3v) is 5.91. The van der Waals surface area contributed by atoms with Gasteiger partial charge in [-0.05, 0) is 37.0 Å². The van der Waals surface area contributed by atoms with Crippen molar-refractivity contribution in [1.29, 1.82) is 5.26 Å². The summed E-state index contributed by atoms with van der Waals surface area (Å²) in [5, 5.41) is 12.9. The maximum Gasteiger partial charge on any atom is 0.256 e. The smallest absolute Gasteiger partial charge is 0.256 e. The highest BCUT2D eigenvalue weighted by molar-refractivity contribution is 7.16. The second-order valence-electron chi connectivity index (χ2n) is 6.40. The molecule has 3 aromatic rings. The number of nitrogens with zero attached hydrogens (tertiary/aromatic N) is 1. The van der Waals surface area contributed by atoms with E-state index in [1.54, 1.807) is 36.4 Å². The van der Waals surface area contributed by atoms with Crippen LogP contribution in [0.15, 0.2) is 54.6 Å². The van der Waals surface area contributed by atoms with Crippen LogP contribution < -0.4 is 5.32 Å². The predicted molar refractivity (Wildman–Crippen MR) is 105 cm³/mol. The van der Waals surface area contributed by atoms with Crippen LogP contribution in [0.2, 0.25) is 0 Å². The second kappa shape index (κ2) is 7.18. The minimum Gasteiger partial charge on any atom is -0.312 e. The maximum absolute atomic E-state index is 12.6. The third kappa shape index (κ3) is 3.27. The van der Waals surface area contributed by atoms with Gasteiger partial charge in [-0.25, -0.2) is 0 Å². The van der Waals surface area contributed by atoms with E-state index < -0.39 is 0 Å². The fraction of sp³-hybridized carbons (Fsp3) is 0.136. The van der Waals surface area contributed by atoms with Gasteiger partial charge in [0, 0.05) is 21.6 Å². The first-order valence-electron chi connectivity index (χ1n) is 8.73. The topological polar surface area (TPSA) is 70.0 Å². The Morgan fingerprint density at radius 1 is 0.926 bits per heavy atom. The fourth-order valence-corrected chi connectivity index (χ4v) is 4.55. The van der Waals surface area contributed by atoms with Gasteiger partial charge in [0.2, 0.25) is 0 Å². The maximum atomic E-state index is 12.6. The summed E-state index contributed by atoms with van der Waals surface area (Å²) in [6, 6.07) is 17.8. The summed E-state index contributed by atoms with van der Waals surface area (Å²) in [5.41, 5.74) is 3.28. The Hall–Kier alpha value is -3.23. The molecule has 0 saturated carbocycles. The number of nitriles is 1. The van der Waals surface area contributed by atoms with Gasteiger partial charge in [-0.15, -0.1) is 11.3 Å². The standard InChI is InChI=1S/C22H16N2O2S/c23-13-18-17-7-4-8-19(17)27-22(18)24-21(26)16-11-9-15(10-12-16)20(25)14-5-2-1-3-6-14/h1-3,5-6,9-12H,4,7-8H2,(H,24,26). The Morgan fingerprint density at radius 3 is 2.30 bits per heavy atom. The van der Waals surface area contributed by atoms with E-state index in [-0.39, 0.29) is 11.7 Å². The minimum atomic E-state index is -0.273. The number of thiophene rings is 1. The number of carbonyl (C=O) groups excluding carboxylic acids is 2. The molecule has 1 amide bonds. The molecular formula is C22H16N2O2S. The van der Waals surface area contributed by atoms with Crippen LogP contribution >= 0.6 is 11.3 Å². The number of hydrogen-bond donors (Lipinski definition) is 1. The van der Waals surface area contributed by atoms with Gasteiger partial charge < -0.3 is 5.32 Å². The van der Waals surface area contributed by atoms with Crippen LogP contribution in [0.3, 0.4) is 0 Å². The van der Waals surface area contributed by atoms with Crippen molar-refractivity contribution in [3.8, 4) is 6.07 Å². The van der Waals surface area contributed by atoms with Gasteiger partial charge in [-0.1, -0.05) is 42.5 Å². The quantitative estimate of drug-likeness (QED) is 0.681. The minimum absolute atomic E-state index is 0.0796. The van der Waals surface area contributed by atoms with Crippen molar-refractivity contribution in [2.75, 3.05) is 5.32 Å². The van der Waals surface area contributed by atoms with E-state index >= 15 is 0 Å². The third-order valence-electron chi connectivity index (χ3n) is 4.71. The van der Waals surface area contributed by atoms with E-state index in [4.69, 9.17) is 0 Å². The molecule has 4 rings (SSSR count). The van der Waals surface area contributed by atoms with Gasteiger partial charge in [-0.2, -0.15) is 5.26 Å². The van der Waals surface area contributed by atoms with Crippen LogP contribution in [0.5, 0.6) is 0 Å². The normalized spacial score (nSPS) is 12.3. The number of aryl methyl sites for hydroxylation is 1. The summed E-state index contributed by atoms with van der Waals surface area (Å²) in [5.74, 6) is -0.353. The molecule has 2 aromatic carbocycles. The van der Waals surface area contributed by atoms with Gasteiger partial charge in [-0.3, -0.25) is 9.59 Å². The van der Waals surface area contributed by atoms with Crippen LogP contribution in [0, 0.1) is 11.3 Å². The van der Waals surface area contributed by atoms with Crippen molar-refractivity contribution in [3.05, 3.63) is 87.3 Å². The summed E-state index contributed by atoms with van der Waals surface area (Å²) in [7, 11) is 0.